The molecule has 0 bridgehead atoms. The molecule has 1 rings (SSSR count). The van der Waals surface area contributed by atoms with E-state index in [1.54, 1.807) is 0 Å². The molecule has 0 spiro atoms. The van der Waals surface area contributed by atoms with Crippen LogP contribution in [0.3, 0.4) is 0 Å². The summed E-state index contributed by atoms with van der Waals surface area (Å²) in [5.74, 6) is -0.115. The summed E-state index contributed by atoms with van der Waals surface area (Å²) < 4.78 is 5.35. The lowest BCUT2D eigenvalue weighted by molar-refractivity contribution is -0.155. The Balaban J connectivity index is 2.38. The van der Waals surface area contributed by atoms with Gasteiger partial charge in [-0.15, -0.1) is 0 Å². The van der Waals surface area contributed by atoms with Crippen LogP contribution in [-0.4, -0.2) is 24.7 Å². The van der Waals surface area contributed by atoms with Crippen molar-refractivity contribution in [2.24, 2.45) is 5.41 Å². The maximum Gasteiger partial charge on any atom is 0.311 e. The van der Waals surface area contributed by atoms with Gasteiger partial charge in [0, 0.05) is 5.54 Å². The Labute approximate surface area is 92.6 Å². The Morgan fingerprint density at radius 3 is 2.53 bits per heavy atom. The summed E-state index contributed by atoms with van der Waals surface area (Å²) in [6, 6.07) is 0. The first kappa shape index (κ1) is 12.5. The van der Waals surface area contributed by atoms with E-state index < -0.39 is 5.41 Å². The van der Waals surface area contributed by atoms with Gasteiger partial charge in [-0.3, -0.25) is 4.79 Å². The lowest BCUT2D eigenvalue weighted by Crippen LogP contribution is -2.50. The van der Waals surface area contributed by atoms with Crippen molar-refractivity contribution in [3.63, 3.8) is 0 Å². The van der Waals surface area contributed by atoms with Crippen LogP contribution < -0.4 is 5.32 Å². The van der Waals surface area contributed by atoms with Gasteiger partial charge in [-0.05, 0) is 47.1 Å². The smallest absolute Gasteiger partial charge is 0.311 e. The summed E-state index contributed by atoms with van der Waals surface area (Å²) in [5, 5.41) is 3.43. The summed E-state index contributed by atoms with van der Waals surface area (Å²) in [7, 11) is 0. The highest BCUT2D eigenvalue weighted by Crippen LogP contribution is 2.21. The molecular formula is C12H23NO2. The van der Waals surface area contributed by atoms with Gasteiger partial charge in [0.25, 0.3) is 0 Å². The molecule has 1 aliphatic rings. The zero-order valence-corrected chi connectivity index (χ0v) is 10.4. The molecule has 1 aliphatic heterocycles. The van der Waals surface area contributed by atoms with Crippen LogP contribution in [0.4, 0.5) is 0 Å². The number of rotatable bonds is 2. The third kappa shape index (κ3) is 3.82. The summed E-state index contributed by atoms with van der Waals surface area (Å²) in [6.07, 6.45) is 3.53. The highest BCUT2D eigenvalue weighted by molar-refractivity contribution is 5.75. The molecule has 1 saturated heterocycles. The fourth-order valence-electron chi connectivity index (χ4n) is 1.68. The van der Waals surface area contributed by atoms with Crippen molar-refractivity contribution in [3.05, 3.63) is 0 Å². The van der Waals surface area contributed by atoms with E-state index in [0.29, 0.717) is 6.61 Å². The Bertz CT molecular complexity index is 224. The molecule has 0 radical (unpaired) electrons. The zero-order chi connectivity index (χ0) is 11.5. The lowest BCUT2D eigenvalue weighted by atomic mass is 9.91. The molecule has 1 heterocycles. The normalized spacial score (nSPS) is 27.5. The summed E-state index contributed by atoms with van der Waals surface area (Å²) >= 11 is 0. The van der Waals surface area contributed by atoms with Gasteiger partial charge in [0.1, 0.15) is 6.61 Å². The van der Waals surface area contributed by atoms with E-state index in [-0.39, 0.29) is 11.5 Å². The Morgan fingerprint density at radius 1 is 1.40 bits per heavy atom. The van der Waals surface area contributed by atoms with Crippen LogP contribution >= 0.6 is 0 Å². The van der Waals surface area contributed by atoms with Crippen LogP contribution in [0, 0.1) is 5.41 Å². The van der Waals surface area contributed by atoms with Crippen LogP contribution in [0.2, 0.25) is 0 Å². The van der Waals surface area contributed by atoms with Crippen molar-refractivity contribution in [3.8, 4) is 0 Å². The quantitative estimate of drug-likeness (QED) is 0.714. The first-order valence-electron chi connectivity index (χ1n) is 5.76. The van der Waals surface area contributed by atoms with Gasteiger partial charge < -0.3 is 10.1 Å². The van der Waals surface area contributed by atoms with E-state index in [2.05, 4.69) is 12.2 Å². The molecule has 0 aromatic rings. The molecule has 1 unspecified atom stereocenters. The molecule has 3 nitrogen and oxygen atoms in total. The van der Waals surface area contributed by atoms with Crippen molar-refractivity contribution in [1.29, 1.82) is 0 Å². The number of esters is 1. The van der Waals surface area contributed by atoms with E-state index >= 15 is 0 Å². The molecule has 1 N–H and O–H groups in total. The van der Waals surface area contributed by atoms with Gasteiger partial charge >= 0.3 is 5.97 Å². The summed E-state index contributed by atoms with van der Waals surface area (Å²) in [6.45, 7) is 9.29. The Hall–Kier alpha value is -0.570. The number of ether oxygens (including phenoxy) is 1. The average Bonchev–Trinajstić information content (AvgIpc) is 2.14. The maximum absolute atomic E-state index is 11.6. The number of piperidine rings is 1. The van der Waals surface area contributed by atoms with Crippen molar-refractivity contribution < 1.29 is 9.53 Å². The minimum Gasteiger partial charge on any atom is -0.463 e. The first-order valence-corrected chi connectivity index (χ1v) is 5.76. The predicted molar refractivity (Wildman–Crippen MR) is 60.7 cm³/mol. The van der Waals surface area contributed by atoms with Gasteiger partial charge in [-0.25, -0.2) is 0 Å². The van der Waals surface area contributed by atoms with E-state index in [0.717, 1.165) is 13.0 Å². The molecule has 15 heavy (non-hydrogen) atoms. The highest BCUT2D eigenvalue weighted by atomic mass is 16.5. The van der Waals surface area contributed by atoms with Crippen LogP contribution in [0.1, 0.15) is 47.0 Å². The average molecular weight is 213 g/mol. The topological polar surface area (TPSA) is 38.3 Å². The number of hydrogen-bond acceptors (Lipinski definition) is 3. The third-order valence-electron chi connectivity index (χ3n) is 2.84. The fraction of sp³-hybridized carbons (Fsp3) is 0.917. The van der Waals surface area contributed by atoms with Crippen molar-refractivity contribution in [1.82, 2.24) is 5.32 Å². The summed E-state index contributed by atoms with van der Waals surface area (Å²) in [5.41, 5.74) is -0.413. The Kier molecular flexibility index (Phi) is 3.77. The number of hydrogen-bond donors (Lipinski definition) is 1. The standard InChI is InChI=1S/C12H23NO2/c1-11(2,3)10(14)15-9-12(4)7-5-6-8-13-12/h13H,5-9H2,1-4H3. The number of carbonyl (C=O) groups excluding carboxylic acids is 1. The molecule has 3 heteroatoms. The minimum atomic E-state index is -0.398. The maximum atomic E-state index is 11.6. The number of nitrogens with one attached hydrogen (secondary N) is 1. The van der Waals surface area contributed by atoms with E-state index in [4.69, 9.17) is 4.74 Å². The van der Waals surface area contributed by atoms with E-state index in [9.17, 15) is 4.79 Å². The van der Waals surface area contributed by atoms with Gasteiger partial charge in [0.15, 0.2) is 0 Å². The van der Waals surface area contributed by atoms with Crippen molar-refractivity contribution in [2.45, 2.75) is 52.5 Å². The van der Waals surface area contributed by atoms with E-state index in [1.807, 2.05) is 20.8 Å². The molecule has 1 atom stereocenters. The molecule has 1 fully saturated rings. The second kappa shape index (κ2) is 4.52. The van der Waals surface area contributed by atoms with Crippen LogP contribution in [-0.2, 0) is 9.53 Å². The highest BCUT2D eigenvalue weighted by Gasteiger charge is 2.30. The van der Waals surface area contributed by atoms with Gasteiger partial charge in [0.2, 0.25) is 0 Å². The van der Waals surface area contributed by atoms with Crippen LogP contribution in [0.15, 0.2) is 0 Å². The zero-order valence-electron chi connectivity index (χ0n) is 10.4. The third-order valence-corrected chi connectivity index (χ3v) is 2.84. The first-order chi connectivity index (χ1) is 6.83. The van der Waals surface area contributed by atoms with Crippen molar-refractivity contribution in [2.75, 3.05) is 13.2 Å². The van der Waals surface area contributed by atoms with Crippen LogP contribution in [0.25, 0.3) is 0 Å². The van der Waals surface area contributed by atoms with Gasteiger partial charge in [-0.2, -0.15) is 0 Å². The number of carbonyl (C=O) groups is 1. The van der Waals surface area contributed by atoms with Crippen molar-refractivity contribution >= 4 is 5.97 Å². The van der Waals surface area contributed by atoms with Gasteiger partial charge in [0.05, 0.1) is 5.41 Å². The minimum absolute atomic E-state index is 0.0147. The SMILES string of the molecule is CC1(COC(=O)C(C)(C)C)CCCCN1. The second-order valence-electron chi connectivity index (χ2n) is 5.77. The molecule has 88 valence electrons. The monoisotopic (exact) mass is 213 g/mol. The van der Waals surface area contributed by atoms with E-state index in [1.165, 1.54) is 12.8 Å². The van der Waals surface area contributed by atoms with Crippen LogP contribution in [0.5, 0.6) is 0 Å². The second-order valence-corrected chi connectivity index (χ2v) is 5.77. The molecule has 0 aliphatic carbocycles. The Morgan fingerprint density at radius 2 is 2.07 bits per heavy atom. The van der Waals surface area contributed by atoms with Gasteiger partial charge in [-0.1, -0.05) is 6.42 Å². The predicted octanol–water partition coefficient (Wildman–Crippen LogP) is 2.11. The largest absolute Gasteiger partial charge is 0.463 e. The lowest BCUT2D eigenvalue weighted by Gasteiger charge is -2.35. The molecular weight excluding hydrogens is 190 g/mol. The summed E-state index contributed by atoms with van der Waals surface area (Å²) in [4.78, 5) is 11.6. The molecule has 0 amide bonds. The molecule has 0 saturated carbocycles. The fourth-order valence-corrected chi connectivity index (χ4v) is 1.68. The molecule has 0 aromatic carbocycles. The molecule has 0 aromatic heterocycles.